The maximum atomic E-state index is 12.2. The smallest absolute Gasteiger partial charge is 0.295 e. The molecule has 0 bridgehead atoms. The number of ether oxygens (including phenoxy) is 2. The summed E-state index contributed by atoms with van der Waals surface area (Å²) in [6.07, 6.45) is 2.20. The average Bonchev–Trinajstić information content (AvgIpc) is 3.24. The number of amides is 1. The van der Waals surface area contributed by atoms with Gasteiger partial charge in [-0.15, -0.1) is 5.10 Å². The molecule has 21 heavy (non-hydrogen) atoms. The van der Waals surface area contributed by atoms with Crippen LogP contribution >= 0.6 is 0 Å². The van der Waals surface area contributed by atoms with Gasteiger partial charge in [0.2, 0.25) is 5.82 Å². The van der Waals surface area contributed by atoms with E-state index in [2.05, 4.69) is 20.5 Å². The molecular weight excluding hydrogens is 272 g/mol. The molecule has 1 amide bonds. The molecule has 2 N–H and O–H groups in total. The summed E-state index contributed by atoms with van der Waals surface area (Å²) >= 11 is 0. The predicted octanol–water partition coefficient (Wildman–Crippen LogP) is 1.95. The summed E-state index contributed by atoms with van der Waals surface area (Å²) in [5, 5.41) is 9.49. The van der Waals surface area contributed by atoms with Crippen molar-refractivity contribution in [2.45, 2.75) is 18.8 Å². The number of aromatic amines is 1. The highest BCUT2D eigenvalue weighted by molar-refractivity contribution is 6.02. The van der Waals surface area contributed by atoms with Crippen LogP contribution in [0.3, 0.4) is 0 Å². The number of aromatic nitrogens is 3. The fourth-order valence-electron chi connectivity index (χ4n) is 2.00. The molecule has 1 aromatic carbocycles. The summed E-state index contributed by atoms with van der Waals surface area (Å²) in [5.41, 5.74) is 0.543. The van der Waals surface area contributed by atoms with Crippen LogP contribution in [0, 0.1) is 0 Å². The van der Waals surface area contributed by atoms with Crippen molar-refractivity contribution in [1.82, 2.24) is 15.2 Å². The lowest BCUT2D eigenvalue weighted by atomic mass is 10.2. The minimum Gasteiger partial charge on any atom is -0.497 e. The number of methoxy groups -OCH3 is 2. The highest BCUT2D eigenvalue weighted by Crippen LogP contribution is 2.37. The minimum atomic E-state index is -0.374. The molecule has 0 atom stereocenters. The topological polar surface area (TPSA) is 89.1 Å². The Kier molecular flexibility index (Phi) is 3.47. The Morgan fingerprint density at radius 1 is 1.33 bits per heavy atom. The summed E-state index contributed by atoms with van der Waals surface area (Å²) in [7, 11) is 3.10. The van der Waals surface area contributed by atoms with Gasteiger partial charge in [0.15, 0.2) is 0 Å². The summed E-state index contributed by atoms with van der Waals surface area (Å²) in [4.78, 5) is 16.4. The molecule has 2 aromatic rings. The zero-order valence-corrected chi connectivity index (χ0v) is 11.8. The summed E-state index contributed by atoms with van der Waals surface area (Å²) in [6, 6.07) is 5.15. The Balaban J connectivity index is 1.76. The van der Waals surface area contributed by atoms with Gasteiger partial charge in [0.1, 0.15) is 17.3 Å². The monoisotopic (exact) mass is 288 g/mol. The third kappa shape index (κ3) is 2.81. The molecule has 110 valence electrons. The van der Waals surface area contributed by atoms with Crippen LogP contribution in [0.5, 0.6) is 11.5 Å². The fourth-order valence-corrected chi connectivity index (χ4v) is 2.00. The zero-order valence-electron chi connectivity index (χ0n) is 11.8. The molecule has 1 aliphatic carbocycles. The van der Waals surface area contributed by atoms with Crippen LogP contribution in [0.1, 0.15) is 35.2 Å². The zero-order chi connectivity index (χ0) is 14.8. The molecule has 7 nitrogen and oxygen atoms in total. The van der Waals surface area contributed by atoms with E-state index in [0.29, 0.717) is 23.1 Å². The van der Waals surface area contributed by atoms with Crippen LogP contribution < -0.4 is 14.8 Å². The summed E-state index contributed by atoms with van der Waals surface area (Å²) in [6.45, 7) is 0. The SMILES string of the molecule is COc1ccc(NC(=O)c2n[nH]c(C3CC3)n2)c(OC)c1. The van der Waals surface area contributed by atoms with Crippen molar-refractivity contribution < 1.29 is 14.3 Å². The third-order valence-corrected chi connectivity index (χ3v) is 3.33. The van der Waals surface area contributed by atoms with Crippen LogP contribution in [0.4, 0.5) is 5.69 Å². The molecule has 1 aromatic heterocycles. The van der Waals surface area contributed by atoms with Gasteiger partial charge in [-0.2, -0.15) is 0 Å². The molecule has 0 saturated heterocycles. The Labute approximate surface area is 121 Å². The quantitative estimate of drug-likeness (QED) is 0.877. The molecule has 1 saturated carbocycles. The molecule has 7 heteroatoms. The number of nitrogens with zero attached hydrogens (tertiary/aromatic N) is 2. The first-order valence-electron chi connectivity index (χ1n) is 6.67. The summed E-state index contributed by atoms with van der Waals surface area (Å²) in [5.74, 6) is 2.13. The van der Waals surface area contributed by atoms with Crippen LogP contribution in [0.25, 0.3) is 0 Å². The first-order valence-corrected chi connectivity index (χ1v) is 6.67. The number of H-pyrrole nitrogens is 1. The Bertz CT molecular complexity index is 664. The maximum Gasteiger partial charge on any atom is 0.295 e. The second-order valence-corrected chi connectivity index (χ2v) is 4.84. The van der Waals surface area contributed by atoms with E-state index < -0.39 is 0 Å². The first kappa shape index (κ1) is 13.4. The van der Waals surface area contributed by atoms with E-state index in [9.17, 15) is 4.79 Å². The molecule has 0 unspecified atom stereocenters. The number of rotatable bonds is 5. The lowest BCUT2D eigenvalue weighted by Gasteiger charge is -2.10. The number of hydrogen-bond donors (Lipinski definition) is 2. The lowest BCUT2D eigenvalue weighted by molar-refractivity contribution is 0.101. The number of carbonyl (C=O) groups excluding carboxylic acids is 1. The molecule has 0 radical (unpaired) electrons. The first-order chi connectivity index (χ1) is 10.2. The molecule has 1 heterocycles. The van der Waals surface area contributed by atoms with Crippen molar-refractivity contribution in [3.63, 3.8) is 0 Å². The number of benzene rings is 1. The minimum absolute atomic E-state index is 0.134. The molecule has 1 aliphatic rings. The van der Waals surface area contributed by atoms with Crippen molar-refractivity contribution in [2.24, 2.45) is 0 Å². The molecular formula is C14H16N4O3. The van der Waals surface area contributed by atoms with Gasteiger partial charge in [-0.1, -0.05) is 0 Å². The van der Waals surface area contributed by atoms with Crippen LogP contribution in [0.2, 0.25) is 0 Å². The molecule has 0 spiro atoms. The normalized spacial score (nSPS) is 13.8. The lowest BCUT2D eigenvalue weighted by Crippen LogP contribution is -2.14. The maximum absolute atomic E-state index is 12.2. The van der Waals surface area contributed by atoms with Gasteiger partial charge < -0.3 is 14.8 Å². The second kappa shape index (κ2) is 5.43. The van der Waals surface area contributed by atoms with Crippen molar-refractivity contribution in [3.8, 4) is 11.5 Å². The Hall–Kier alpha value is -2.57. The number of hydrogen-bond acceptors (Lipinski definition) is 5. The van der Waals surface area contributed by atoms with Crippen LogP contribution in [-0.4, -0.2) is 35.3 Å². The Morgan fingerprint density at radius 2 is 2.14 bits per heavy atom. The van der Waals surface area contributed by atoms with Crippen molar-refractivity contribution >= 4 is 11.6 Å². The molecule has 1 fully saturated rings. The molecule has 3 rings (SSSR count). The van der Waals surface area contributed by atoms with E-state index in [1.165, 1.54) is 7.11 Å². The van der Waals surface area contributed by atoms with Gasteiger partial charge in [0.25, 0.3) is 5.91 Å². The highest BCUT2D eigenvalue weighted by atomic mass is 16.5. The number of nitrogens with one attached hydrogen (secondary N) is 2. The van der Waals surface area contributed by atoms with Gasteiger partial charge in [-0.05, 0) is 25.0 Å². The van der Waals surface area contributed by atoms with Gasteiger partial charge >= 0.3 is 0 Å². The van der Waals surface area contributed by atoms with E-state index in [4.69, 9.17) is 9.47 Å². The van der Waals surface area contributed by atoms with E-state index in [1.807, 2.05) is 0 Å². The van der Waals surface area contributed by atoms with Crippen molar-refractivity contribution in [1.29, 1.82) is 0 Å². The van der Waals surface area contributed by atoms with Gasteiger partial charge in [-0.25, -0.2) is 4.98 Å². The Morgan fingerprint density at radius 3 is 2.81 bits per heavy atom. The third-order valence-electron chi connectivity index (χ3n) is 3.33. The highest BCUT2D eigenvalue weighted by Gasteiger charge is 2.28. The van der Waals surface area contributed by atoms with Crippen molar-refractivity contribution in [3.05, 3.63) is 29.8 Å². The van der Waals surface area contributed by atoms with Gasteiger partial charge in [-0.3, -0.25) is 9.89 Å². The standard InChI is InChI=1S/C14H16N4O3/c1-20-9-5-6-10(11(7-9)21-2)15-14(19)13-16-12(17-18-13)8-3-4-8/h5-8H,3-4H2,1-2H3,(H,15,19)(H,16,17,18). The summed E-state index contributed by atoms with van der Waals surface area (Å²) < 4.78 is 10.4. The van der Waals surface area contributed by atoms with Gasteiger partial charge in [0.05, 0.1) is 19.9 Å². The molecule has 0 aliphatic heterocycles. The largest absolute Gasteiger partial charge is 0.497 e. The van der Waals surface area contributed by atoms with E-state index in [-0.39, 0.29) is 11.7 Å². The van der Waals surface area contributed by atoms with Gasteiger partial charge in [0, 0.05) is 12.0 Å². The number of anilines is 1. The second-order valence-electron chi connectivity index (χ2n) is 4.84. The van der Waals surface area contributed by atoms with E-state index in [1.54, 1.807) is 25.3 Å². The predicted molar refractivity (Wildman–Crippen MR) is 75.9 cm³/mol. The average molecular weight is 288 g/mol. The fraction of sp³-hybridized carbons (Fsp3) is 0.357. The number of carbonyl (C=O) groups is 1. The van der Waals surface area contributed by atoms with Crippen molar-refractivity contribution in [2.75, 3.05) is 19.5 Å². The van der Waals surface area contributed by atoms with Crippen LogP contribution in [-0.2, 0) is 0 Å². The van der Waals surface area contributed by atoms with Crippen LogP contribution in [0.15, 0.2) is 18.2 Å². The van der Waals surface area contributed by atoms with E-state index in [0.717, 1.165) is 18.7 Å². The van der Waals surface area contributed by atoms with E-state index >= 15 is 0 Å².